The number of amides is 1. The Kier molecular flexibility index (Phi) is 6.25. The van der Waals surface area contributed by atoms with Crippen molar-refractivity contribution in [1.29, 1.82) is 0 Å². The van der Waals surface area contributed by atoms with Crippen LogP contribution in [-0.2, 0) is 24.5 Å². The SMILES string of the molecule is Cc1ccc(Cn2c(CO)cnc2SCC(=O)NCc2ccc3c(c2)OCO3)cc1. The zero-order valence-electron chi connectivity index (χ0n) is 16.6. The first-order valence-corrected chi connectivity index (χ1v) is 10.6. The molecule has 1 amide bonds. The quantitative estimate of drug-likeness (QED) is 0.540. The molecule has 156 valence electrons. The fourth-order valence-electron chi connectivity index (χ4n) is 3.11. The first kappa shape index (κ1) is 20.3. The number of carbonyl (C=O) groups excluding carboxylic acids is 1. The lowest BCUT2D eigenvalue weighted by Gasteiger charge is -2.11. The fourth-order valence-corrected chi connectivity index (χ4v) is 3.94. The monoisotopic (exact) mass is 425 g/mol. The molecule has 0 atom stereocenters. The van der Waals surface area contributed by atoms with Crippen LogP contribution in [0.5, 0.6) is 11.5 Å². The van der Waals surface area contributed by atoms with Gasteiger partial charge in [-0.05, 0) is 30.2 Å². The maximum atomic E-state index is 12.3. The highest BCUT2D eigenvalue weighted by atomic mass is 32.2. The Morgan fingerprint density at radius 2 is 1.93 bits per heavy atom. The van der Waals surface area contributed by atoms with Crippen LogP contribution in [0.25, 0.3) is 0 Å². The van der Waals surface area contributed by atoms with E-state index < -0.39 is 0 Å². The number of hydrogen-bond acceptors (Lipinski definition) is 6. The van der Waals surface area contributed by atoms with Gasteiger partial charge in [-0.1, -0.05) is 47.7 Å². The smallest absolute Gasteiger partial charge is 0.231 e. The number of nitrogens with one attached hydrogen (secondary N) is 1. The van der Waals surface area contributed by atoms with Crippen LogP contribution in [0.15, 0.2) is 53.8 Å². The normalized spacial score (nSPS) is 12.2. The van der Waals surface area contributed by atoms with E-state index in [-0.39, 0.29) is 25.1 Å². The van der Waals surface area contributed by atoms with Crippen molar-refractivity contribution in [2.75, 3.05) is 12.5 Å². The zero-order chi connectivity index (χ0) is 20.9. The molecule has 0 saturated heterocycles. The molecule has 30 heavy (non-hydrogen) atoms. The van der Waals surface area contributed by atoms with Crippen molar-refractivity contribution in [2.45, 2.75) is 31.8 Å². The Balaban J connectivity index is 1.34. The van der Waals surface area contributed by atoms with Crippen molar-refractivity contribution in [3.8, 4) is 11.5 Å². The molecule has 1 aromatic heterocycles. The summed E-state index contributed by atoms with van der Waals surface area (Å²) in [5.74, 6) is 1.57. The summed E-state index contributed by atoms with van der Waals surface area (Å²) in [5, 5.41) is 13.3. The Labute approximate surface area is 179 Å². The van der Waals surface area contributed by atoms with Gasteiger partial charge < -0.3 is 24.5 Å². The van der Waals surface area contributed by atoms with Crippen molar-refractivity contribution in [3.63, 3.8) is 0 Å². The second-order valence-corrected chi connectivity index (χ2v) is 7.96. The summed E-state index contributed by atoms with van der Waals surface area (Å²) in [4.78, 5) is 16.7. The number of hydrogen-bond donors (Lipinski definition) is 2. The molecule has 1 aliphatic rings. The first-order chi connectivity index (χ1) is 14.6. The van der Waals surface area contributed by atoms with Gasteiger partial charge in [0.05, 0.1) is 24.3 Å². The minimum absolute atomic E-state index is 0.0897. The molecule has 0 unspecified atom stereocenters. The van der Waals surface area contributed by atoms with Crippen LogP contribution in [0.3, 0.4) is 0 Å². The molecule has 7 nitrogen and oxygen atoms in total. The number of rotatable bonds is 8. The van der Waals surface area contributed by atoms with Gasteiger partial charge in [0.25, 0.3) is 0 Å². The van der Waals surface area contributed by atoms with Gasteiger partial charge in [0.2, 0.25) is 12.7 Å². The number of benzene rings is 2. The molecular formula is C22H23N3O4S. The molecule has 0 fully saturated rings. The number of aliphatic hydroxyl groups excluding tert-OH is 1. The van der Waals surface area contributed by atoms with Crippen molar-refractivity contribution in [2.24, 2.45) is 0 Å². The van der Waals surface area contributed by atoms with Crippen LogP contribution in [0.2, 0.25) is 0 Å². The average Bonchev–Trinajstić information content (AvgIpc) is 3.38. The van der Waals surface area contributed by atoms with E-state index in [0.29, 0.717) is 24.0 Å². The Hall–Kier alpha value is -2.97. The van der Waals surface area contributed by atoms with E-state index in [4.69, 9.17) is 9.47 Å². The number of nitrogens with zero attached hydrogens (tertiary/aromatic N) is 2. The van der Waals surface area contributed by atoms with Crippen LogP contribution in [-0.4, -0.2) is 33.1 Å². The minimum Gasteiger partial charge on any atom is -0.454 e. The molecule has 0 saturated carbocycles. The van der Waals surface area contributed by atoms with Crippen LogP contribution in [0.4, 0.5) is 0 Å². The van der Waals surface area contributed by atoms with Gasteiger partial charge in [0.15, 0.2) is 16.7 Å². The van der Waals surface area contributed by atoms with E-state index in [0.717, 1.165) is 22.6 Å². The summed E-state index contributed by atoms with van der Waals surface area (Å²) in [5.41, 5.74) is 3.97. The highest BCUT2D eigenvalue weighted by molar-refractivity contribution is 7.99. The second-order valence-electron chi connectivity index (χ2n) is 7.01. The van der Waals surface area contributed by atoms with Gasteiger partial charge in [-0.2, -0.15) is 0 Å². The highest BCUT2D eigenvalue weighted by Crippen LogP contribution is 2.32. The number of thioether (sulfide) groups is 1. The van der Waals surface area contributed by atoms with Crippen LogP contribution in [0.1, 0.15) is 22.4 Å². The Bertz CT molecular complexity index is 1030. The molecular weight excluding hydrogens is 402 g/mol. The van der Waals surface area contributed by atoms with Gasteiger partial charge >= 0.3 is 0 Å². The predicted molar refractivity (Wildman–Crippen MR) is 114 cm³/mol. The third kappa shape index (κ3) is 4.77. The maximum absolute atomic E-state index is 12.3. The summed E-state index contributed by atoms with van der Waals surface area (Å²) >= 11 is 1.35. The molecule has 3 aromatic rings. The molecule has 4 rings (SSSR count). The molecule has 2 N–H and O–H groups in total. The van der Waals surface area contributed by atoms with E-state index in [1.807, 2.05) is 29.7 Å². The third-order valence-electron chi connectivity index (χ3n) is 4.78. The van der Waals surface area contributed by atoms with Gasteiger partial charge in [-0.15, -0.1) is 0 Å². The Morgan fingerprint density at radius 1 is 1.17 bits per heavy atom. The van der Waals surface area contributed by atoms with E-state index >= 15 is 0 Å². The lowest BCUT2D eigenvalue weighted by atomic mass is 10.1. The standard InChI is InChI=1S/C22H23N3O4S/c1-15-2-4-16(5-3-15)11-25-18(12-26)10-24-22(25)30-13-21(27)23-9-17-6-7-19-20(8-17)29-14-28-19/h2-8,10,26H,9,11-14H2,1H3,(H,23,27). The van der Waals surface area contributed by atoms with Gasteiger partial charge in [0, 0.05) is 13.1 Å². The largest absolute Gasteiger partial charge is 0.454 e. The van der Waals surface area contributed by atoms with E-state index in [2.05, 4.69) is 34.6 Å². The topological polar surface area (TPSA) is 85.6 Å². The third-order valence-corrected chi connectivity index (χ3v) is 5.77. The Morgan fingerprint density at radius 3 is 2.73 bits per heavy atom. The van der Waals surface area contributed by atoms with Crippen molar-refractivity contribution < 1.29 is 19.4 Å². The molecule has 2 aromatic carbocycles. The molecule has 0 radical (unpaired) electrons. The average molecular weight is 426 g/mol. The van der Waals surface area contributed by atoms with Crippen molar-refractivity contribution in [1.82, 2.24) is 14.9 Å². The van der Waals surface area contributed by atoms with Gasteiger partial charge in [0.1, 0.15) is 0 Å². The molecule has 0 aliphatic carbocycles. The van der Waals surface area contributed by atoms with Crippen molar-refractivity contribution >= 4 is 17.7 Å². The number of carbonyl (C=O) groups is 1. The van der Waals surface area contributed by atoms with E-state index in [1.165, 1.54) is 17.3 Å². The highest BCUT2D eigenvalue weighted by Gasteiger charge is 2.15. The minimum atomic E-state index is -0.101. The van der Waals surface area contributed by atoms with E-state index in [1.54, 1.807) is 6.20 Å². The van der Waals surface area contributed by atoms with E-state index in [9.17, 15) is 9.90 Å². The lowest BCUT2D eigenvalue weighted by Crippen LogP contribution is -2.24. The molecule has 0 spiro atoms. The summed E-state index contributed by atoms with van der Waals surface area (Å²) in [6, 6.07) is 13.9. The fraction of sp³-hybridized carbons (Fsp3) is 0.273. The predicted octanol–water partition coefficient (Wildman–Crippen LogP) is 2.87. The molecule has 8 heteroatoms. The molecule has 2 heterocycles. The van der Waals surface area contributed by atoms with Crippen LogP contribution in [0, 0.1) is 6.92 Å². The van der Waals surface area contributed by atoms with Gasteiger partial charge in [-0.25, -0.2) is 4.98 Å². The number of aryl methyl sites for hydroxylation is 1. The van der Waals surface area contributed by atoms with Crippen LogP contribution < -0.4 is 14.8 Å². The molecule has 0 bridgehead atoms. The number of aromatic nitrogens is 2. The summed E-state index contributed by atoms with van der Waals surface area (Å²) < 4.78 is 12.6. The number of imidazole rings is 1. The molecule has 1 aliphatic heterocycles. The van der Waals surface area contributed by atoms with Gasteiger partial charge in [-0.3, -0.25) is 4.79 Å². The number of aliphatic hydroxyl groups is 1. The summed E-state index contributed by atoms with van der Waals surface area (Å²) in [6.45, 7) is 3.18. The zero-order valence-corrected chi connectivity index (χ0v) is 17.4. The maximum Gasteiger partial charge on any atom is 0.231 e. The summed E-state index contributed by atoms with van der Waals surface area (Å²) in [6.07, 6.45) is 1.65. The first-order valence-electron chi connectivity index (χ1n) is 9.61. The number of fused-ring (bicyclic) bond motifs is 1. The number of ether oxygens (including phenoxy) is 2. The van der Waals surface area contributed by atoms with Crippen molar-refractivity contribution in [3.05, 3.63) is 71.0 Å². The summed E-state index contributed by atoms with van der Waals surface area (Å²) in [7, 11) is 0. The van der Waals surface area contributed by atoms with Crippen LogP contribution >= 0.6 is 11.8 Å². The second kappa shape index (κ2) is 9.23. The lowest BCUT2D eigenvalue weighted by molar-refractivity contribution is -0.118.